The number of hydrogen-bond acceptors (Lipinski definition) is 3. The summed E-state index contributed by atoms with van der Waals surface area (Å²) in [5.41, 5.74) is 5.37. The van der Waals surface area contributed by atoms with E-state index in [4.69, 9.17) is 0 Å². The number of aromatic nitrogens is 3. The summed E-state index contributed by atoms with van der Waals surface area (Å²) >= 11 is 0. The predicted molar refractivity (Wildman–Crippen MR) is 89.5 cm³/mol. The fourth-order valence-corrected chi connectivity index (χ4v) is 2.85. The van der Waals surface area contributed by atoms with Crippen molar-refractivity contribution in [3.8, 4) is 28.5 Å². The standard InChI is InChI=1S/C19H12N4/c20-10-14-11-21-22-12-16(14)18-15-8-4-5-9-17(15)23-19(18)13-6-2-1-3-7-13/h1-9,11-12,23H. The molecule has 4 aromatic rings. The number of benzene rings is 2. The molecule has 0 fully saturated rings. The Hall–Kier alpha value is -3.45. The third-order valence-corrected chi connectivity index (χ3v) is 3.89. The van der Waals surface area contributed by atoms with Gasteiger partial charge in [-0.1, -0.05) is 48.5 Å². The lowest BCUT2D eigenvalue weighted by Crippen LogP contribution is -1.90. The molecule has 0 bridgehead atoms. The van der Waals surface area contributed by atoms with Gasteiger partial charge in [0.2, 0.25) is 0 Å². The summed E-state index contributed by atoms with van der Waals surface area (Å²) in [4.78, 5) is 3.47. The van der Waals surface area contributed by atoms with E-state index in [2.05, 4.69) is 39.4 Å². The van der Waals surface area contributed by atoms with Gasteiger partial charge in [0, 0.05) is 22.0 Å². The third-order valence-electron chi connectivity index (χ3n) is 3.89. The molecule has 0 radical (unpaired) electrons. The molecule has 2 heterocycles. The van der Waals surface area contributed by atoms with E-state index in [0.717, 1.165) is 33.3 Å². The molecule has 0 atom stereocenters. The smallest absolute Gasteiger partial charge is 0.102 e. The average Bonchev–Trinajstić information content (AvgIpc) is 3.02. The van der Waals surface area contributed by atoms with Gasteiger partial charge in [-0.05, 0) is 11.6 Å². The largest absolute Gasteiger partial charge is 0.354 e. The quantitative estimate of drug-likeness (QED) is 0.604. The van der Waals surface area contributed by atoms with Crippen LogP contribution in [0.5, 0.6) is 0 Å². The van der Waals surface area contributed by atoms with Crippen LogP contribution in [-0.4, -0.2) is 15.2 Å². The Morgan fingerprint density at radius 2 is 1.61 bits per heavy atom. The first-order valence-corrected chi connectivity index (χ1v) is 7.26. The first-order chi connectivity index (χ1) is 11.4. The number of H-pyrrole nitrogens is 1. The van der Waals surface area contributed by atoms with Gasteiger partial charge in [-0.2, -0.15) is 15.5 Å². The number of nitrogens with one attached hydrogen (secondary N) is 1. The van der Waals surface area contributed by atoms with E-state index in [1.807, 2.05) is 36.4 Å². The van der Waals surface area contributed by atoms with Crippen molar-refractivity contribution >= 4 is 10.9 Å². The van der Waals surface area contributed by atoms with Crippen LogP contribution in [0.1, 0.15) is 5.56 Å². The second-order valence-corrected chi connectivity index (χ2v) is 5.21. The van der Waals surface area contributed by atoms with E-state index in [1.165, 1.54) is 6.20 Å². The lowest BCUT2D eigenvalue weighted by atomic mass is 9.97. The molecule has 0 spiro atoms. The SMILES string of the molecule is N#Cc1cnncc1-c1c(-c2ccccc2)[nH]c2ccccc12. The number of aromatic amines is 1. The molecular weight excluding hydrogens is 284 g/mol. The fourth-order valence-electron chi connectivity index (χ4n) is 2.85. The van der Waals surface area contributed by atoms with Crippen molar-refractivity contribution in [2.45, 2.75) is 0 Å². The molecule has 0 aliphatic heterocycles. The zero-order valence-electron chi connectivity index (χ0n) is 12.2. The highest BCUT2D eigenvalue weighted by Gasteiger charge is 2.17. The van der Waals surface area contributed by atoms with E-state index in [-0.39, 0.29) is 0 Å². The maximum atomic E-state index is 9.42. The van der Waals surface area contributed by atoms with Gasteiger partial charge in [0.05, 0.1) is 23.7 Å². The van der Waals surface area contributed by atoms with E-state index < -0.39 is 0 Å². The summed E-state index contributed by atoms with van der Waals surface area (Å²) < 4.78 is 0. The highest BCUT2D eigenvalue weighted by molar-refractivity contribution is 6.04. The predicted octanol–water partition coefficient (Wildman–Crippen LogP) is 4.16. The van der Waals surface area contributed by atoms with Crippen LogP contribution in [0, 0.1) is 11.3 Å². The number of nitrogens with zero attached hydrogens (tertiary/aromatic N) is 3. The number of hydrogen-bond donors (Lipinski definition) is 1. The Labute approximate surface area is 133 Å². The van der Waals surface area contributed by atoms with Crippen molar-refractivity contribution in [2.24, 2.45) is 0 Å². The molecule has 0 aliphatic rings. The molecule has 4 nitrogen and oxygen atoms in total. The van der Waals surface area contributed by atoms with E-state index in [0.29, 0.717) is 5.56 Å². The van der Waals surface area contributed by atoms with Crippen molar-refractivity contribution in [2.75, 3.05) is 0 Å². The van der Waals surface area contributed by atoms with Gasteiger partial charge in [-0.3, -0.25) is 0 Å². The van der Waals surface area contributed by atoms with Gasteiger partial charge >= 0.3 is 0 Å². The van der Waals surface area contributed by atoms with E-state index >= 15 is 0 Å². The molecule has 0 aliphatic carbocycles. The summed E-state index contributed by atoms with van der Waals surface area (Å²) in [5.74, 6) is 0. The minimum atomic E-state index is 0.516. The second-order valence-electron chi connectivity index (χ2n) is 5.21. The number of para-hydroxylation sites is 1. The molecule has 4 rings (SSSR count). The Morgan fingerprint density at radius 3 is 2.43 bits per heavy atom. The van der Waals surface area contributed by atoms with Crippen molar-refractivity contribution < 1.29 is 0 Å². The molecule has 2 aromatic heterocycles. The maximum absolute atomic E-state index is 9.42. The fraction of sp³-hybridized carbons (Fsp3) is 0. The molecule has 2 aromatic carbocycles. The molecule has 4 heteroatoms. The van der Waals surface area contributed by atoms with Gasteiger partial charge in [-0.15, -0.1) is 0 Å². The summed E-state index contributed by atoms with van der Waals surface area (Å²) in [5, 5.41) is 18.3. The summed E-state index contributed by atoms with van der Waals surface area (Å²) in [7, 11) is 0. The van der Waals surface area contributed by atoms with Crippen LogP contribution in [0.25, 0.3) is 33.3 Å². The molecule has 1 N–H and O–H groups in total. The molecule has 23 heavy (non-hydrogen) atoms. The Morgan fingerprint density at radius 1 is 0.870 bits per heavy atom. The summed E-state index contributed by atoms with van der Waals surface area (Å²) in [6, 6.07) is 20.4. The molecule has 0 amide bonds. The molecular formula is C19H12N4. The number of fused-ring (bicyclic) bond motifs is 1. The second kappa shape index (κ2) is 5.39. The molecule has 0 saturated heterocycles. The maximum Gasteiger partial charge on any atom is 0.102 e. The Bertz CT molecular complexity index is 1030. The monoisotopic (exact) mass is 296 g/mol. The van der Waals surface area contributed by atoms with Crippen molar-refractivity contribution in [3.05, 3.63) is 72.6 Å². The van der Waals surface area contributed by atoms with Crippen LogP contribution in [0.15, 0.2) is 67.0 Å². The van der Waals surface area contributed by atoms with Gasteiger partial charge in [-0.25, -0.2) is 0 Å². The van der Waals surface area contributed by atoms with Crippen molar-refractivity contribution in [3.63, 3.8) is 0 Å². The third kappa shape index (κ3) is 2.16. The minimum Gasteiger partial charge on any atom is -0.354 e. The lowest BCUT2D eigenvalue weighted by Gasteiger charge is -2.06. The van der Waals surface area contributed by atoms with Crippen LogP contribution >= 0.6 is 0 Å². The van der Waals surface area contributed by atoms with Crippen molar-refractivity contribution in [1.29, 1.82) is 5.26 Å². The molecule has 0 saturated carbocycles. The zero-order chi connectivity index (χ0) is 15.6. The van der Waals surface area contributed by atoms with Gasteiger partial charge in [0.15, 0.2) is 0 Å². The van der Waals surface area contributed by atoms with Crippen LogP contribution in [-0.2, 0) is 0 Å². The van der Waals surface area contributed by atoms with Crippen LogP contribution in [0.2, 0.25) is 0 Å². The van der Waals surface area contributed by atoms with Crippen LogP contribution < -0.4 is 0 Å². The first kappa shape index (κ1) is 13.2. The highest BCUT2D eigenvalue weighted by atomic mass is 15.1. The normalized spacial score (nSPS) is 10.6. The summed E-state index contributed by atoms with van der Waals surface area (Å²) in [6.45, 7) is 0. The topological polar surface area (TPSA) is 65.4 Å². The van der Waals surface area contributed by atoms with Gasteiger partial charge < -0.3 is 4.98 Å². The Kier molecular flexibility index (Phi) is 3.10. The first-order valence-electron chi connectivity index (χ1n) is 7.26. The zero-order valence-corrected chi connectivity index (χ0v) is 12.2. The molecule has 108 valence electrons. The average molecular weight is 296 g/mol. The van der Waals surface area contributed by atoms with E-state index in [1.54, 1.807) is 6.20 Å². The van der Waals surface area contributed by atoms with Gasteiger partial charge in [0.1, 0.15) is 6.07 Å². The number of rotatable bonds is 2. The van der Waals surface area contributed by atoms with E-state index in [9.17, 15) is 5.26 Å². The minimum absolute atomic E-state index is 0.516. The number of nitriles is 1. The Balaban J connectivity index is 2.11. The summed E-state index contributed by atoms with van der Waals surface area (Å²) in [6.07, 6.45) is 3.16. The van der Waals surface area contributed by atoms with Crippen LogP contribution in [0.3, 0.4) is 0 Å². The molecule has 0 unspecified atom stereocenters. The lowest BCUT2D eigenvalue weighted by molar-refractivity contribution is 1.03. The van der Waals surface area contributed by atoms with Crippen LogP contribution in [0.4, 0.5) is 0 Å². The van der Waals surface area contributed by atoms with Crippen molar-refractivity contribution in [1.82, 2.24) is 15.2 Å². The highest BCUT2D eigenvalue weighted by Crippen LogP contribution is 2.38. The van der Waals surface area contributed by atoms with Gasteiger partial charge in [0.25, 0.3) is 0 Å².